The Balaban J connectivity index is 1.52. The van der Waals surface area contributed by atoms with E-state index in [1.807, 2.05) is 60.5 Å². The first-order chi connectivity index (χ1) is 12.7. The van der Waals surface area contributed by atoms with Crippen LogP contribution in [-0.4, -0.2) is 29.5 Å². The zero-order valence-corrected chi connectivity index (χ0v) is 14.8. The molecule has 0 aliphatic carbocycles. The molecule has 0 aliphatic rings. The summed E-state index contributed by atoms with van der Waals surface area (Å²) in [6.45, 7) is 1.30. The zero-order chi connectivity index (χ0) is 18.2. The number of nitrogens with zero attached hydrogens (tertiary/aromatic N) is 3. The molecule has 0 spiro atoms. The van der Waals surface area contributed by atoms with Crippen LogP contribution < -0.4 is 10.2 Å². The molecule has 3 rings (SSSR count). The van der Waals surface area contributed by atoms with Crippen molar-refractivity contribution in [3.63, 3.8) is 0 Å². The average Bonchev–Trinajstić information content (AvgIpc) is 2.69. The highest BCUT2D eigenvalue weighted by molar-refractivity contribution is 5.92. The van der Waals surface area contributed by atoms with E-state index in [9.17, 15) is 4.79 Å². The summed E-state index contributed by atoms with van der Waals surface area (Å²) >= 11 is 0. The van der Waals surface area contributed by atoms with Gasteiger partial charge in [0.2, 0.25) is 0 Å². The minimum atomic E-state index is -0.203. The molecule has 0 atom stereocenters. The number of carbonyl (C=O) groups excluding carboxylic acids is 1. The Morgan fingerprint density at radius 1 is 0.923 bits per heavy atom. The Bertz CT molecular complexity index is 820. The van der Waals surface area contributed by atoms with E-state index in [2.05, 4.69) is 27.4 Å². The number of rotatable bonds is 7. The van der Waals surface area contributed by atoms with Crippen LogP contribution >= 0.6 is 0 Å². The van der Waals surface area contributed by atoms with Gasteiger partial charge in [0.25, 0.3) is 5.91 Å². The molecular formula is C21H22N4O. The lowest BCUT2D eigenvalue weighted by molar-refractivity contribution is 0.0949. The van der Waals surface area contributed by atoms with Crippen LogP contribution in [0.4, 0.5) is 5.82 Å². The fourth-order valence-electron chi connectivity index (χ4n) is 2.63. The molecule has 0 bridgehead atoms. The van der Waals surface area contributed by atoms with Gasteiger partial charge in [0.15, 0.2) is 0 Å². The first-order valence-corrected chi connectivity index (χ1v) is 8.61. The Kier molecular flexibility index (Phi) is 5.93. The molecule has 0 saturated carbocycles. The van der Waals surface area contributed by atoms with E-state index in [1.54, 1.807) is 6.20 Å². The molecular weight excluding hydrogens is 324 g/mol. The molecule has 132 valence electrons. The lowest BCUT2D eigenvalue weighted by atomic mass is 10.1. The van der Waals surface area contributed by atoms with E-state index in [-0.39, 0.29) is 5.91 Å². The highest BCUT2D eigenvalue weighted by Crippen LogP contribution is 2.11. The fraction of sp³-hybridized carbons (Fsp3) is 0.190. The summed E-state index contributed by atoms with van der Waals surface area (Å²) in [5, 5.41) is 2.88. The van der Waals surface area contributed by atoms with Crippen LogP contribution in [0.5, 0.6) is 0 Å². The fourth-order valence-corrected chi connectivity index (χ4v) is 2.63. The van der Waals surface area contributed by atoms with E-state index >= 15 is 0 Å². The molecule has 0 aliphatic heterocycles. The van der Waals surface area contributed by atoms with E-state index in [0.29, 0.717) is 12.2 Å². The number of nitrogens with one attached hydrogen (secondary N) is 1. The zero-order valence-electron chi connectivity index (χ0n) is 14.8. The quantitative estimate of drug-likeness (QED) is 0.714. The summed E-state index contributed by atoms with van der Waals surface area (Å²) in [5.74, 6) is 0.528. The highest BCUT2D eigenvalue weighted by Gasteiger charge is 2.09. The Morgan fingerprint density at radius 3 is 2.19 bits per heavy atom. The molecule has 0 radical (unpaired) electrons. The van der Waals surface area contributed by atoms with Crippen molar-refractivity contribution < 1.29 is 4.79 Å². The number of anilines is 1. The first kappa shape index (κ1) is 17.6. The normalized spacial score (nSPS) is 10.3. The van der Waals surface area contributed by atoms with Crippen molar-refractivity contribution in [2.24, 2.45) is 0 Å². The topological polar surface area (TPSA) is 58.1 Å². The van der Waals surface area contributed by atoms with Gasteiger partial charge in [-0.05, 0) is 17.5 Å². The summed E-state index contributed by atoms with van der Waals surface area (Å²) in [4.78, 5) is 22.8. The number of hydrogen-bond donors (Lipinski definition) is 1. The third kappa shape index (κ3) is 4.89. The monoisotopic (exact) mass is 346 g/mol. The third-order valence-corrected chi connectivity index (χ3v) is 4.07. The highest BCUT2D eigenvalue weighted by atomic mass is 16.1. The molecule has 5 heteroatoms. The predicted octanol–water partition coefficient (Wildman–Crippen LogP) is 3.09. The smallest absolute Gasteiger partial charge is 0.271 e. The molecule has 3 aromatic rings. The Hall–Kier alpha value is -3.21. The van der Waals surface area contributed by atoms with Gasteiger partial charge in [0.05, 0.1) is 12.4 Å². The lowest BCUT2D eigenvalue weighted by Crippen LogP contribution is -2.27. The van der Waals surface area contributed by atoms with Crippen LogP contribution in [-0.2, 0) is 13.0 Å². The van der Waals surface area contributed by atoms with Gasteiger partial charge in [-0.2, -0.15) is 0 Å². The van der Waals surface area contributed by atoms with Gasteiger partial charge in [-0.1, -0.05) is 60.7 Å². The van der Waals surface area contributed by atoms with Gasteiger partial charge < -0.3 is 10.2 Å². The van der Waals surface area contributed by atoms with Crippen LogP contribution in [0, 0.1) is 0 Å². The third-order valence-electron chi connectivity index (χ3n) is 4.07. The molecule has 1 amide bonds. The number of benzene rings is 2. The van der Waals surface area contributed by atoms with Crippen molar-refractivity contribution in [1.29, 1.82) is 0 Å². The first-order valence-electron chi connectivity index (χ1n) is 8.61. The van der Waals surface area contributed by atoms with E-state index in [1.165, 1.54) is 17.3 Å². The van der Waals surface area contributed by atoms with Gasteiger partial charge in [0.1, 0.15) is 11.5 Å². The minimum Gasteiger partial charge on any atom is -0.354 e. The van der Waals surface area contributed by atoms with Crippen molar-refractivity contribution in [2.45, 2.75) is 13.0 Å². The summed E-state index contributed by atoms with van der Waals surface area (Å²) < 4.78 is 0. The van der Waals surface area contributed by atoms with Crippen molar-refractivity contribution >= 4 is 11.7 Å². The number of aromatic nitrogens is 2. The van der Waals surface area contributed by atoms with E-state index in [0.717, 1.165) is 18.8 Å². The average molecular weight is 346 g/mol. The van der Waals surface area contributed by atoms with Crippen LogP contribution in [0.25, 0.3) is 0 Å². The maximum Gasteiger partial charge on any atom is 0.271 e. The molecule has 0 fully saturated rings. The molecule has 1 heterocycles. The predicted molar refractivity (Wildman–Crippen MR) is 103 cm³/mol. The van der Waals surface area contributed by atoms with Gasteiger partial charge in [-0.25, -0.2) is 9.97 Å². The van der Waals surface area contributed by atoms with Crippen molar-refractivity contribution in [3.8, 4) is 0 Å². The van der Waals surface area contributed by atoms with Gasteiger partial charge in [-0.15, -0.1) is 0 Å². The van der Waals surface area contributed by atoms with Gasteiger partial charge in [0, 0.05) is 20.1 Å². The minimum absolute atomic E-state index is 0.203. The Morgan fingerprint density at radius 2 is 1.58 bits per heavy atom. The van der Waals surface area contributed by atoms with Crippen molar-refractivity contribution in [2.75, 3.05) is 18.5 Å². The molecule has 2 aromatic carbocycles. The molecule has 26 heavy (non-hydrogen) atoms. The molecule has 0 unspecified atom stereocenters. The van der Waals surface area contributed by atoms with Crippen LogP contribution in [0.3, 0.4) is 0 Å². The summed E-state index contributed by atoms with van der Waals surface area (Å²) in [6.07, 6.45) is 3.95. The van der Waals surface area contributed by atoms with Crippen molar-refractivity contribution in [1.82, 2.24) is 15.3 Å². The second kappa shape index (κ2) is 8.76. The summed E-state index contributed by atoms with van der Waals surface area (Å²) in [6, 6.07) is 20.2. The number of amides is 1. The maximum absolute atomic E-state index is 12.2. The molecule has 1 N–H and O–H groups in total. The standard InChI is InChI=1S/C21H22N4O/c1-25(16-18-10-6-3-7-11-18)20-15-23-19(14-24-20)21(26)22-13-12-17-8-4-2-5-9-17/h2-11,14-15H,12-13,16H2,1H3,(H,22,26). The summed E-state index contributed by atoms with van der Waals surface area (Å²) in [5.41, 5.74) is 2.71. The Labute approximate surface area is 153 Å². The summed E-state index contributed by atoms with van der Waals surface area (Å²) in [7, 11) is 1.95. The SMILES string of the molecule is CN(Cc1ccccc1)c1cnc(C(=O)NCCc2ccccc2)cn1. The van der Waals surface area contributed by atoms with E-state index < -0.39 is 0 Å². The largest absolute Gasteiger partial charge is 0.354 e. The number of hydrogen-bond acceptors (Lipinski definition) is 4. The van der Waals surface area contributed by atoms with Crippen LogP contribution in [0.15, 0.2) is 73.1 Å². The maximum atomic E-state index is 12.2. The lowest BCUT2D eigenvalue weighted by Gasteiger charge is -2.17. The molecule has 0 saturated heterocycles. The van der Waals surface area contributed by atoms with Gasteiger partial charge in [-0.3, -0.25) is 4.79 Å². The molecule has 1 aromatic heterocycles. The van der Waals surface area contributed by atoms with Crippen LogP contribution in [0.1, 0.15) is 21.6 Å². The molecule has 5 nitrogen and oxygen atoms in total. The second-order valence-corrected chi connectivity index (χ2v) is 6.09. The van der Waals surface area contributed by atoms with Crippen LogP contribution in [0.2, 0.25) is 0 Å². The second-order valence-electron chi connectivity index (χ2n) is 6.09. The van der Waals surface area contributed by atoms with Gasteiger partial charge >= 0.3 is 0 Å². The van der Waals surface area contributed by atoms with Crippen molar-refractivity contribution in [3.05, 3.63) is 89.9 Å². The van der Waals surface area contributed by atoms with E-state index in [4.69, 9.17) is 0 Å². The number of carbonyl (C=O) groups is 1.